The lowest BCUT2D eigenvalue weighted by molar-refractivity contribution is 0.950. The Hall–Kier alpha value is -1.24. The van der Waals surface area contributed by atoms with Crippen molar-refractivity contribution in [3.05, 3.63) is 40.1 Å². The van der Waals surface area contributed by atoms with E-state index in [2.05, 4.69) is 25.9 Å². The summed E-state index contributed by atoms with van der Waals surface area (Å²) in [7, 11) is 0. The summed E-state index contributed by atoms with van der Waals surface area (Å²) < 4.78 is 2.99. The number of hydrogen-bond acceptors (Lipinski definition) is 4. The highest BCUT2D eigenvalue weighted by molar-refractivity contribution is 9.10. The van der Waals surface area contributed by atoms with Gasteiger partial charge in [0.05, 0.1) is 10.6 Å². The number of nitrogens with two attached hydrogens (primary N) is 1. The number of rotatable bonds is 2. The molecule has 0 radical (unpaired) electrons. The van der Waals surface area contributed by atoms with Crippen molar-refractivity contribution in [2.24, 2.45) is 5.73 Å². The normalized spacial score (nSPS) is 11.2. The van der Waals surface area contributed by atoms with Gasteiger partial charge < -0.3 is 5.73 Å². The van der Waals surface area contributed by atoms with E-state index in [1.807, 2.05) is 28.1 Å². The van der Waals surface area contributed by atoms with E-state index in [1.54, 1.807) is 17.5 Å². The fourth-order valence-corrected chi connectivity index (χ4v) is 3.20. The molecular formula is C11H9BrN4S. The highest BCUT2D eigenvalue weighted by Crippen LogP contribution is 2.31. The first-order valence-corrected chi connectivity index (χ1v) is 6.73. The van der Waals surface area contributed by atoms with E-state index in [9.17, 15) is 0 Å². The molecule has 0 amide bonds. The average Bonchev–Trinajstić information content (AvgIpc) is 2.91. The van der Waals surface area contributed by atoms with Gasteiger partial charge in [0.2, 0.25) is 5.78 Å². The molecule has 0 aliphatic heterocycles. The first kappa shape index (κ1) is 10.9. The average molecular weight is 309 g/mol. The Labute approximate surface area is 110 Å². The van der Waals surface area contributed by atoms with E-state index in [4.69, 9.17) is 5.73 Å². The molecule has 0 atom stereocenters. The summed E-state index contributed by atoms with van der Waals surface area (Å²) in [4.78, 5) is 9.86. The molecule has 4 nitrogen and oxygen atoms in total. The molecule has 17 heavy (non-hydrogen) atoms. The molecule has 2 N–H and O–H groups in total. The molecule has 0 unspecified atom stereocenters. The molecule has 86 valence electrons. The van der Waals surface area contributed by atoms with E-state index < -0.39 is 0 Å². The predicted octanol–water partition coefficient (Wildman–Crippen LogP) is 2.68. The van der Waals surface area contributed by atoms with Crippen LogP contribution in [-0.2, 0) is 6.54 Å². The number of thiophene rings is 1. The fourth-order valence-electron chi connectivity index (χ4n) is 1.76. The third-order valence-electron chi connectivity index (χ3n) is 2.50. The summed E-state index contributed by atoms with van der Waals surface area (Å²) in [6.07, 6.45) is 3.67. The SMILES string of the molecule is NCc1c(-c2cc(Br)cs2)nc2ncccn12. The molecule has 3 aromatic rings. The molecule has 0 aromatic carbocycles. The molecule has 3 rings (SSSR count). The number of fused-ring (bicyclic) bond motifs is 1. The van der Waals surface area contributed by atoms with Gasteiger partial charge in [-0.15, -0.1) is 11.3 Å². The second-order valence-corrected chi connectivity index (χ2v) is 5.36. The summed E-state index contributed by atoms with van der Waals surface area (Å²) in [5.41, 5.74) is 7.72. The van der Waals surface area contributed by atoms with Gasteiger partial charge in [0.15, 0.2) is 0 Å². The molecule has 0 saturated carbocycles. The topological polar surface area (TPSA) is 56.2 Å². The smallest absolute Gasteiger partial charge is 0.234 e. The summed E-state index contributed by atoms with van der Waals surface area (Å²) in [6, 6.07) is 3.92. The van der Waals surface area contributed by atoms with Gasteiger partial charge in [0.25, 0.3) is 0 Å². The largest absolute Gasteiger partial charge is 0.325 e. The van der Waals surface area contributed by atoms with Crippen molar-refractivity contribution < 1.29 is 0 Å². The lowest BCUT2D eigenvalue weighted by atomic mass is 10.3. The fraction of sp³-hybridized carbons (Fsp3) is 0.0909. The molecule has 0 aliphatic rings. The molecule has 0 bridgehead atoms. The van der Waals surface area contributed by atoms with Crippen LogP contribution < -0.4 is 5.73 Å². The maximum absolute atomic E-state index is 5.81. The second-order valence-electron chi connectivity index (χ2n) is 3.53. The molecule has 3 aromatic heterocycles. The first-order valence-electron chi connectivity index (χ1n) is 5.06. The summed E-state index contributed by atoms with van der Waals surface area (Å²) in [5, 5.41) is 2.03. The quantitative estimate of drug-likeness (QED) is 0.792. The Balaban J connectivity index is 2.29. The number of imidazole rings is 1. The Morgan fingerprint density at radius 1 is 1.47 bits per heavy atom. The predicted molar refractivity (Wildman–Crippen MR) is 71.9 cm³/mol. The van der Waals surface area contributed by atoms with Gasteiger partial charge in [0.1, 0.15) is 5.69 Å². The van der Waals surface area contributed by atoms with Crippen LogP contribution in [0.2, 0.25) is 0 Å². The van der Waals surface area contributed by atoms with Crippen LogP contribution >= 0.6 is 27.3 Å². The van der Waals surface area contributed by atoms with E-state index in [0.717, 1.165) is 20.7 Å². The van der Waals surface area contributed by atoms with Gasteiger partial charge in [-0.2, -0.15) is 0 Å². The molecule has 6 heteroatoms. The lowest BCUT2D eigenvalue weighted by Gasteiger charge is -1.98. The maximum Gasteiger partial charge on any atom is 0.234 e. The van der Waals surface area contributed by atoms with Crippen molar-refractivity contribution in [2.75, 3.05) is 0 Å². The lowest BCUT2D eigenvalue weighted by Crippen LogP contribution is -2.02. The van der Waals surface area contributed by atoms with Crippen LogP contribution in [0.15, 0.2) is 34.4 Å². The minimum atomic E-state index is 0.442. The van der Waals surface area contributed by atoms with Crippen molar-refractivity contribution in [3.63, 3.8) is 0 Å². The van der Waals surface area contributed by atoms with Crippen LogP contribution in [0.1, 0.15) is 5.69 Å². The van der Waals surface area contributed by atoms with Gasteiger partial charge in [-0.05, 0) is 28.1 Å². The van der Waals surface area contributed by atoms with E-state index >= 15 is 0 Å². The Morgan fingerprint density at radius 2 is 2.35 bits per heavy atom. The van der Waals surface area contributed by atoms with Crippen LogP contribution in [-0.4, -0.2) is 14.4 Å². The van der Waals surface area contributed by atoms with E-state index in [0.29, 0.717) is 12.3 Å². The van der Waals surface area contributed by atoms with Crippen LogP contribution in [0.25, 0.3) is 16.3 Å². The Morgan fingerprint density at radius 3 is 3.06 bits per heavy atom. The minimum absolute atomic E-state index is 0.442. The van der Waals surface area contributed by atoms with Gasteiger partial charge >= 0.3 is 0 Å². The molecule has 0 aliphatic carbocycles. The highest BCUT2D eigenvalue weighted by Gasteiger charge is 2.14. The van der Waals surface area contributed by atoms with Gasteiger partial charge in [-0.25, -0.2) is 9.97 Å². The zero-order valence-corrected chi connectivity index (χ0v) is 11.2. The summed E-state index contributed by atoms with van der Waals surface area (Å²) >= 11 is 5.09. The highest BCUT2D eigenvalue weighted by atomic mass is 79.9. The third kappa shape index (κ3) is 1.78. The molecule has 0 spiro atoms. The Kier molecular flexibility index (Phi) is 2.70. The number of halogens is 1. The summed E-state index contributed by atoms with van der Waals surface area (Å²) in [6.45, 7) is 0.442. The number of hydrogen-bond donors (Lipinski definition) is 1. The summed E-state index contributed by atoms with van der Waals surface area (Å²) in [5.74, 6) is 0.687. The van der Waals surface area contributed by atoms with Crippen molar-refractivity contribution in [2.45, 2.75) is 6.54 Å². The van der Waals surface area contributed by atoms with Crippen LogP contribution in [0, 0.1) is 0 Å². The maximum atomic E-state index is 5.81. The van der Waals surface area contributed by atoms with Crippen LogP contribution in [0.4, 0.5) is 0 Å². The van der Waals surface area contributed by atoms with Crippen molar-refractivity contribution in [1.29, 1.82) is 0 Å². The standard InChI is InChI=1S/C11H9BrN4S/c12-7-4-9(17-6-7)10-8(5-13)16-3-1-2-14-11(16)15-10/h1-4,6H,5,13H2. The van der Waals surface area contributed by atoms with Gasteiger partial charge in [0, 0.05) is 28.8 Å². The second kappa shape index (κ2) is 4.21. The number of aromatic nitrogens is 3. The van der Waals surface area contributed by atoms with E-state index in [1.165, 1.54) is 0 Å². The van der Waals surface area contributed by atoms with Crippen molar-refractivity contribution >= 4 is 33.0 Å². The zero-order chi connectivity index (χ0) is 11.8. The first-order chi connectivity index (χ1) is 8.29. The molecule has 0 fully saturated rings. The number of nitrogens with zero attached hydrogens (tertiary/aromatic N) is 3. The van der Waals surface area contributed by atoms with Gasteiger partial charge in [-0.3, -0.25) is 4.40 Å². The monoisotopic (exact) mass is 308 g/mol. The molecule has 0 saturated heterocycles. The van der Waals surface area contributed by atoms with Crippen LogP contribution in [0.5, 0.6) is 0 Å². The zero-order valence-electron chi connectivity index (χ0n) is 8.80. The Bertz CT molecular complexity index is 673. The third-order valence-corrected chi connectivity index (χ3v) is 4.19. The van der Waals surface area contributed by atoms with Crippen molar-refractivity contribution in [1.82, 2.24) is 14.4 Å². The van der Waals surface area contributed by atoms with Gasteiger partial charge in [-0.1, -0.05) is 0 Å². The molecule has 3 heterocycles. The van der Waals surface area contributed by atoms with Crippen LogP contribution in [0.3, 0.4) is 0 Å². The van der Waals surface area contributed by atoms with Crippen molar-refractivity contribution in [3.8, 4) is 10.6 Å². The van der Waals surface area contributed by atoms with E-state index in [-0.39, 0.29) is 0 Å². The minimum Gasteiger partial charge on any atom is -0.325 e. The molecular weight excluding hydrogens is 300 g/mol.